The highest BCUT2D eigenvalue weighted by Crippen LogP contribution is 2.20. The molecule has 0 unspecified atom stereocenters. The second-order valence-corrected chi connectivity index (χ2v) is 5.69. The first-order valence-electron chi connectivity index (χ1n) is 7.42. The van der Waals surface area contributed by atoms with Crippen molar-refractivity contribution in [1.29, 1.82) is 0 Å². The molecule has 0 aliphatic carbocycles. The number of aromatic nitrogens is 4. The molecule has 6 heteroatoms. The van der Waals surface area contributed by atoms with Gasteiger partial charge >= 0.3 is 0 Å². The topological polar surface area (TPSA) is 56.0 Å². The Balaban J connectivity index is 1.58. The lowest BCUT2D eigenvalue weighted by Crippen LogP contribution is -2.40. The largest absolute Gasteiger partial charge is 0.335 e. The van der Waals surface area contributed by atoms with Crippen LogP contribution in [0.3, 0.4) is 0 Å². The van der Waals surface area contributed by atoms with Crippen molar-refractivity contribution >= 4 is 16.8 Å². The van der Waals surface area contributed by atoms with Crippen LogP contribution < -0.4 is 0 Å². The molecule has 0 radical (unpaired) electrons. The molecule has 1 aromatic carbocycles. The van der Waals surface area contributed by atoms with Gasteiger partial charge in [-0.15, -0.1) is 10.2 Å². The number of hydrogen-bond acceptors (Lipinski definition) is 3. The average molecular weight is 295 g/mol. The van der Waals surface area contributed by atoms with Crippen LogP contribution >= 0.6 is 0 Å². The summed E-state index contributed by atoms with van der Waals surface area (Å²) in [7, 11) is 0. The molecule has 0 bridgehead atoms. The van der Waals surface area contributed by atoms with E-state index in [9.17, 15) is 4.79 Å². The molecule has 6 nitrogen and oxygen atoms in total. The van der Waals surface area contributed by atoms with E-state index >= 15 is 0 Å². The second kappa shape index (κ2) is 4.98. The summed E-state index contributed by atoms with van der Waals surface area (Å²) in [4.78, 5) is 14.5. The van der Waals surface area contributed by atoms with Gasteiger partial charge in [0.05, 0.1) is 6.54 Å². The number of aryl methyl sites for hydroxylation is 1. The van der Waals surface area contributed by atoms with Gasteiger partial charge in [0, 0.05) is 24.3 Å². The summed E-state index contributed by atoms with van der Waals surface area (Å²) < 4.78 is 4.08. The molecule has 3 aromatic rings. The average Bonchev–Trinajstić information content (AvgIpc) is 3.11. The Hall–Kier alpha value is -2.63. The van der Waals surface area contributed by atoms with E-state index in [1.165, 1.54) is 5.39 Å². The summed E-state index contributed by atoms with van der Waals surface area (Å²) >= 11 is 0. The molecule has 1 aliphatic heterocycles. The summed E-state index contributed by atoms with van der Waals surface area (Å²) in [6, 6.07) is 10.3. The van der Waals surface area contributed by atoms with E-state index in [2.05, 4.69) is 33.0 Å². The van der Waals surface area contributed by atoms with Crippen LogP contribution in [0.25, 0.3) is 10.9 Å². The minimum Gasteiger partial charge on any atom is -0.335 e. The minimum absolute atomic E-state index is 0.124. The molecule has 22 heavy (non-hydrogen) atoms. The van der Waals surface area contributed by atoms with E-state index in [1.807, 2.05) is 28.5 Å². The zero-order valence-corrected chi connectivity index (χ0v) is 12.4. The third-order valence-electron chi connectivity index (χ3n) is 4.30. The summed E-state index contributed by atoms with van der Waals surface area (Å²) in [6.45, 7) is 4.42. The summed E-state index contributed by atoms with van der Waals surface area (Å²) in [6.07, 6.45) is 1.72. The quantitative estimate of drug-likeness (QED) is 0.721. The Morgan fingerprint density at radius 3 is 3.05 bits per heavy atom. The van der Waals surface area contributed by atoms with Crippen molar-refractivity contribution in [1.82, 2.24) is 24.2 Å². The highest BCUT2D eigenvalue weighted by Gasteiger charge is 2.22. The first-order chi connectivity index (χ1) is 10.7. The van der Waals surface area contributed by atoms with Gasteiger partial charge in [-0.1, -0.05) is 18.2 Å². The highest BCUT2D eigenvalue weighted by atomic mass is 16.2. The molecular formula is C16H17N5O. The number of para-hydroxylation sites is 1. The van der Waals surface area contributed by atoms with Gasteiger partial charge in [0.1, 0.15) is 12.9 Å². The molecule has 0 saturated carbocycles. The van der Waals surface area contributed by atoms with Gasteiger partial charge in [0.15, 0.2) is 5.82 Å². The van der Waals surface area contributed by atoms with Crippen LogP contribution in [0, 0.1) is 6.92 Å². The fourth-order valence-electron chi connectivity index (χ4n) is 3.07. The third kappa shape index (κ3) is 2.07. The standard InChI is InChI=1S/C16H17N5O/c1-12-8-13-4-2-3-5-14(13)21(12)10-16(22)19-6-7-20-11-17-18-15(20)9-19/h2-5,8,11H,6-7,9-10H2,1H3. The van der Waals surface area contributed by atoms with E-state index in [4.69, 9.17) is 0 Å². The molecule has 4 rings (SSSR count). The minimum atomic E-state index is 0.124. The second-order valence-electron chi connectivity index (χ2n) is 5.69. The number of carbonyl (C=O) groups excluding carboxylic acids is 1. The van der Waals surface area contributed by atoms with E-state index < -0.39 is 0 Å². The van der Waals surface area contributed by atoms with Crippen LogP contribution in [0.15, 0.2) is 36.7 Å². The normalized spacial score (nSPS) is 14.3. The number of rotatable bonds is 2. The van der Waals surface area contributed by atoms with Crippen molar-refractivity contribution in [3.05, 3.63) is 48.2 Å². The Labute approximate surface area is 128 Å². The molecule has 0 saturated heterocycles. The summed E-state index contributed by atoms with van der Waals surface area (Å²) in [5, 5.41) is 9.14. The monoisotopic (exact) mass is 295 g/mol. The van der Waals surface area contributed by atoms with Gasteiger partial charge in [-0.3, -0.25) is 4.79 Å². The molecular weight excluding hydrogens is 278 g/mol. The zero-order valence-electron chi connectivity index (χ0n) is 12.4. The zero-order chi connectivity index (χ0) is 15.1. The van der Waals surface area contributed by atoms with Crippen molar-refractivity contribution in [2.75, 3.05) is 6.54 Å². The van der Waals surface area contributed by atoms with E-state index in [0.717, 1.165) is 23.6 Å². The fourth-order valence-corrected chi connectivity index (χ4v) is 3.07. The number of fused-ring (bicyclic) bond motifs is 2. The predicted octanol–water partition coefficient (Wildman–Crippen LogP) is 1.58. The van der Waals surface area contributed by atoms with E-state index in [0.29, 0.717) is 19.6 Å². The molecule has 2 aromatic heterocycles. The first-order valence-corrected chi connectivity index (χ1v) is 7.42. The smallest absolute Gasteiger partial charge is 0.242 e. The van der Waals surface area contributed by atoms with Gasteiger partial charge in [-0.05, 0) is 24.4 Å². The molecule has 0 spiro atoms. The summed E-state index contributed by atoms with van der Waals surface area (Å²) in [5.74, 6) is 0.979. The number of nitrogens with zero attached hydrogens (tertiary/aromatic N) is 5. The van der Waals surface area contributed by atoms with Crippen LogP contribution in [0.2, 0.25) is 0 Å². The number of benzene rings is 1. The molecule has 0 atom stereocenters. The van der Waals surface area contributed by atoms with E-state index in [1.54, 1.807) is 6.33 Å². The van der Waals surface area contributed by atoms with Gasteiger partial charge in [0.2, 0.25) is 5.91 Å². The lowest BCUT2D eigenvalue weighted by atomic mass is 10.2. The third-order valence-corrected chi connectivity index (χ3v) is 4.30. The Morgan fingerprint density at radius 1 is 1.27 bits per heavy atom. The van der Waals surface area contributed by atoms with Crippen molar-refractivity contribution in [2.45, 2.75) is 26.6 Å². The van der Waals surface area contributed by atoms with Crippen LogP contribution in [-0.4, -0.2) is 36.7 Å². The van der Waals surface area contributed by atoms with Crippen molar-refractivity contribution in [3.8, 4) is 0 Å². The number of carbonyl (C=O) groups is 1. The molecule has 112 valence electrons. The maximum atomic E-state index is 12.6. The molecule has 1 amide bonds. The van der Waals surface area contributed by atoms with Gasteiger partial charge < -0.3 is 14.0 Å². The molecule has 1 aliphatic rings. The Kier molecular flexibility index (Phi) is 2.96. The fraction of sp³-hybridized carbons (Fsp3) is 0.312. The lowest BCUT2D eigenvalue weighted by Gasteiger charge is -2.27. The van der Waals surface area contributed by atoms with Crippen molar-refractivity contribution in [3.63, 3.8) is 0 Å². The molecule has 0 N–H and O–H groups in total. The number of hydrogen-bond donors (Lipinski definition) is 0. The first kappa shape index (κ1) is 13.1. The van der Waals surface area contributed by atoms with Gasteiger partial charge in [-0.2, -0.15) is 0 Å². The maximum absolute atomic E-state index is 12.6. The number of amides is 1. The Morgan fingerprint density at radius 2 is 2.14 bits per heavy atom. The van der Waals surface area contributed by atoms with Crippen molar-refractivity contribution in [2.24, 2.45) is 0 Å². The molecule has 0 fully saturated rings. The van der Waals surface area contributed by atoms with E-state index in [-0.39, 0.29) is 5.91 Å². The predicted molar refractivity (Wildman–Crippen MR) is 82.1 cm³/mol. The van der Waals surface area contributed by atoms with Crippen molar-refractivity contribution < 1.29 is 4.79 Å². The molecule has 3 heterocycles. The maximum Gasteiger partial charge on any atom is 0.242 e. The van der Waals surface area contributed by atoms with Crippen LogP contribution in [0.4, 0.5) is 0 Å². The van der Waals surface area contributed by atoms with Crippen LogP contribution in [0.5, 0.6) is 0 Å². The summed E-state index contributed by atoms with van der Waals surface area (Å²) in [5.41, 5.74) is 2.21. The Bertz CT molecular complexity index is 847. The van der Waals surface area contributed by atoms with Crippen LogP contribution in [0.1, 0.15) is 11.5 Å². The lowest BCUT2D eigenvalue weighted by molar-refractivity contribution is -0.133. The van der Waals surface area contributed by atoms with Crippen LogP contribution in [-0.2, 0) is 24.4 Å². The van der Waals surface area contributed by atoms with Gasteiger partial charge in [0.25, 0.3) is 0 Å². The van der Waals surface area contributed by atoms with Gasteiger partial charge in [-0.25, -0.2) is 0 Å². The highest BCUT2D eigenvalue weighted by molar-refractivity contribution is 5.84. The SMILES string of the molecule is Cc1cc2ccccc2n1CC(=O)N1CCn2cnnc2C1.